The van der Waals surface area contributed by atoms with E-state index in [4.69, 9.17) is 0 Å². The Morgan fingerprint density at radius 2 is 2.04 bits per heavy atom. The Labute approximate surface area is 142 Å². The predicted molar refractivity (Wildman–Crippen MR) is 92.0 cm³/mol. The lowest BCUT2D eigenvalue weighted by Gasteiger charge is -2.25. The summed E-state index contributed by atoms with van der Waals surface area (Å²) in [7, 11) is 0. The van der Waals surface area contributed by atoms with Crippen molar-refractivity contribution in [1.82, 2.24) is 19.7 Å². The number of rotatable bonds is 4. The average Bonchev–Trinajstić information content (AvgIpc) is 3.37. The molecule has 6 heteroatoms. The zero-order valence-electron chi connectivity index (χ0n) is 13.8. The molecule has 0 N–H and O–H groups in total. The van der Waals surface area contributed by atoms with Gasteiger partial charge >= 0.3 is 0 Å². The lowest BCUT2D eigenvalue weighted by molar-refractivity contribution is 0.0721. The molecule has 2 aromatic heterocycles. The van der Waals surface area contributed by atoms with E-state index in [2.05, 4.69) is 15.0 Å². The van der Waals surface area contributed by atoms with Gasteiger partial charge in [0.25, 0.3) is 5.91 Å². The van der Waals surface area contributed by atoms with Crippen LogP contribution in [0.15, 0.2) is 36.8 Å². The molecular formula is C18H23N5O. The van der Waals surface area contributed by atoms with Crippen LogP contribution in [-0.2, 0) is 6.54 Å². The minimum Gasteiger partial charge on any atom is -0.357 e. The van der Waals surface area contributed by atoms with Gasteiger partial charge in [-0.3, -0.25) is 9.48 Å². The van der Waals surface area contributed by atoms with Crippen molar-refractivity contribution in [3.05, 3.63) is 42.4 Å². The third kappa shape index (κ3) is 3.00. The van der Waals surface area contributed by atoms with Crippen molar-refractivity contribution in [2.45, 2.75) is 38.3 Å². The smallest absolute Gasteiger partial charge is 0.255 e. The minimum atomic E-state index is 0.0881. The minimum absolute atomic E-state index is 0.0881. The van der Waals surface area contributed by atoms with Crippen LogP contribution in [-0.4, -0.2) is 51.2 Å². The highest BCUT2D eigenvalue weighted by molar-refractivity contribution is 5.94. The summed E-state index contributed by atoms with van der Waals surface area (Å²) < 4.78 is 1.91. The van der Waals surface area contributed by atoms with Crippen LogP contribution in [0.1, 0.15) is 36.0 Å². The van der Waals surface area contributed by atoms with E-state index < -0.39 is 0 Å². The van der Waals surface area contributed by atoms with Crippen molar-refractivity contribution in [2.24, 2.45) is 0 Å². The third-order valence-electron chi connectivity index (χ3n) is 5.02. The monoisotopic (exact) mass is 325 g/mol. The van der Waals surface area contributed by atoms with Gasteiger partial charge in [0.15, 0.2) is 0 Å². The first-order chi connectivity index (χ1) is 11.8. The zero-order valence-corrected chi connectivity index (χ0v) is 13.8. The van der Waals surface area contributed by atoms with Gasteiger partial charge in [0.05, 0.1) is 18.2 Å². The molecule has 1 atom stereocenters. The first-order valence-electron chi connectivity index (χ1n) is 8.81. The van der Waals surface area contributed by atoms with Gasteiger partial charge in [0.2, 0.25) is 0 Å². The van der Waals surface area contributed by atoms with E-state index in [0.29, 0.717) is 5.56 Å². The second-order valence-corrected chi connectivity index (χ2v) is 6.62. The molecule has 2 aromatic rings. The Bertz CT molecular complexity index is 676. The zero-order chi connectivity index (χ0) is 16.4. The van der Waals surface area contributed by atoms with Crippen LogP contribution in [0.25, 0.3) is 0 Å². The van der Waals surface area contributed by atoms with Gasteiger partial charge in [0, 0.05) is 38.2 Å². The quantitative estimate of drug-likeness (QED) is 0.865. The summed E-state index contributed by atoms with van der Waals surface area (Å²) in [6.07, 6.45) is 10.0. The van der Waals surface area contributed by atoms with E-state index in [0.717, 1.165) is 44.8 Å². The van der Waals surface area contributed by atoms with E-state index >= 15 is 0 Å². The molecule has 2 aliphatic heterocycles. The Kier molecular flexibility index (Phi) is 4.19. The van der Waals surface area contributed by atoms with Crippen LogP contribution in [0.2, 0.25) is 0 Å². The fourth-order valence-corrected chi connectivity index (χ4v) is 3.73. The summed E-state index contributed by atoms with van der Waals surface area (Å²) in [6, 6.07) is 6.04. The van der Waals surface area contributed by atoms with E-state index in [1.165, 1.54) is 12.8 Å². The van der Waals surface area contributed by atoms with Crippen LogP contribution in [0.4, 0.5) is 5.82 Å². The largest absolute Gasteiger partial charge is 0.357 e. The van der Waals surface area contributed by atoms with Crippen molar-refractivity contribution >= 4 is 11.7 Å². The van der Waals surface area contributed by atoms with Gasteiger partial charge in [-0.05, 0) is 43.9 Å². The molecule has 1 unspecified atom stereocenters. The highest BCUT2D eigenvalue weighted by Gasteiger charge is 2.30. The number of carbonyl (C=O) groups is 1. The highest BCUT2D eigenvalue weighted by atomic mass is 16.2. The molecule has 4 rings (SSSR count). The molecule has 0 bridgehead atoms. The molecule has 6 nitrogen and oxygen atoms in total. The van der Waals surface area contributed by atoms with Crippen molar-refractivity contribution < 1.29 is 4.79 Å². The maximum Gasteiger partial charge on any atom is 0.255 e. The van der Waals surface area contributed by atoms with Crippen molar-refractivity contribution in [1.29, 1.82) is 0 Å². The molecule has 2 saturated heterocycles. The van der Waals surface area contributed by atoms with Crippen LogP contribution < -0.4 is 4.90 Å². The van der Waals surface area contributed by atoms with Gasteiger partial charge in [0.1, 0.15) is 5.82 Å². The number of aromatic nitrogens is 3. The van der Waals surface area contributed by atoms with Gasteiger partial charge in [-0.25, -0.2) is 4.98 Å². The summed E-state index contributed by atoms with van der Waals surface area (Å²) in [5.41, 5.74) is 0.685. The second-order valence-electron chi connectivity index (χ2n) is 6.62. The van der Waals surface area contributed by atoms with E-state index in [1.54, 1.807) is 12.4 Å². The van der Waals surface area contributed by atoms with Gasteiger partial charge in [-0.15, -0.1) is 0 Å². The lowest BCUT2D eigenvalue weighted by atomic mass is 10.2. The molecule has 126 valence electrons. The van der Waals surface area contributed by atoms with E-state index in [1.807, 2.05) is 34.0 Å². The van der Waals surface area contributed by atoms with Crippen molar-refractivity contribution in [3.8, 4) is 0 Å². The van der Waals surface area contributed by atoms with Crippen LogP contribution in [0, 0.1) is 0 Å². The molecular weight excluding hydrogens is 302 g/mol. The number of hydrogen-bond acceptors (Lipinski definition) is 4. The Morgan fingerprint density at radius 3 is 2.75 bits per heavy atom. The maximum atomic E-state index is 12.9. The van der Waals surface area contributed by atoms with Gasteiger partial charge in [-0.2, -0.15) is 5.10 Å². The topological polar surface area (TPSA) is 54.3 Å². The highest BCUT2D eigenvalue weighted by Crippen LogP contribution is 2.23. The number of carbonyl (C=O) groups excluding carboxylic acids is 1. The number of hydrogen-bond donors (Lipinski definition) is 0. The molecule has 0 aliphatic carbocycles. The molecule has 2 fully saturated rings. The Morgan fingerprint density at radius 1 is 1.17 bits per heavy atom. The summed E-state index contributed by atoms with van der Waals surface area (Å²) in [5, 5.41) is 4.26. The van der Waals surface area contributed by atoms with E-state index in [-0.39, 0.29) is 11.9 Å². The lowest BCUT2D eigenvalue weighted by Crippen LogP contribution is -2.38. The van der Waals surface area contributed by atoms with Crippen molar-refractivity contribution in [3.63, 3.8) is 0 Å². The number of nitrogens with zero attached hydrogens (tertiary/aromatic N) is 5. The molecule has 2 aliphatic rings. The maximum absolute atomic E-state index is 12.9. The van der Waals surface area contributed by atoms with Crippen LogP contribution in [0.5, 0.6) is 0 Å². The van der Waals surface area contributed by atoms with Gasteiger partial charge < -0.3 is 9.80 Å². The molecule has 0 saturated carbocycles. The van der Waals surface area contributed by atoms with Crippen molar-refractivity contribution in [2.75, 3.05) is 24.5 Å². The van der Waals surface area contributed by atoms with Crippen LogP contribution in [0.3, 0.4) is 0 Å². The predicted octanol–water partition coefficient (Wildman–Crippen LogP) is 2.18. The first-order valence-corrected chi connectivity index (χ1v) is 8.81. The molecule has 4 heterocycles. The summed E-state index contributed by atoms with van der Waals surface area (Å²) in [5.74, 6) is 1.07. The molecule has 0 spiro atoms. The SMILES string of the molecule is O=C(c1ccc(N2CCCC2)nc1)N1CCCC1Cn1cccn1. The van der Waals surface area contributed by atoms with E-state index in [9.17, 15) is 4.79 Å². The molecule has 1 amide bonds. The fourth-order valence-electron chi connectivity index (χ4n) is 3.73. The normalized spacial score (nSPS) is 20.8. The van der Waals surface area contributed by atoms with Gasteiger partial charge in [-0.1, -0.05) is 0 Å². The standard InChI is InChI=1S/C18H23N5O/c24-18(15-6-7-17(19-13-15)21-9-1-2-10-21)23-12-3-5-16(23)14-22-11-4-8-20-22/h4,6-8,11,13,16H,1-3,5,9-10,12,14H2. The molecule has 24 heavy (non-hydrogen) atoms. The number of likely N-dealkylation sites (tertiary alicyclic amines) is 1. The number of amides is 1. The molecule has 0 aromatic carbocycles. The number of pyridine rings is 1. The summed E-state index contributed by atoms with van der Waals surface area (Å²) >= 11 is 0. The molecule has 0 radical (unpaired) electrons. The summed E-state index contributed by atoms with van der Waals surface area (Å²) in [4.78, 5) is 21.6. The average molecular weight is 325 g/mol. The Balaban J connectivity index is 1.45. The third-order valence-corrected chi connectivity index (χ3v) is 5.02. The number of anilines is 1. The fraction of sp³-hybridized carbons (Fsp3) is 0.500. The van der Waals surface area contributed by atoms with Crippen LogP contribution >= 0.6 is 0 Å². The Hall–Kier alpha value is -2.37. The first kappa shape index (κ1) is 15.2. The summed E-state index contributed by atoms with van der Waals surface area (Å²) in [6.45, 7) is 3.72. The second kappa shape index (κ2) is 6.63.